The van der Waals surface area contributed by atoms with Crippen LogP contribution in [0, 0.1) is 11.3 Å². The van der Waals surface area contributed by atoms with E-state index in [2.05, 4.69) is 5.32 Å². The minimum Gasteiger partial charge on any atom is -0.483 e. The van der Waals surface area contributed by atoms with E-state index in [1.165, 1.54) is 0 Å². The summed E-state index contributed by atoms with van der Waals surface area (Å²) in [7, 11) is 0. The van der Waals surface area contributed by atoms with Gasteiger partial charge in [0.15, 0.2) is 6.61 Å². The highest BCUT2D eigenvalue weighted by Gasteiger charge is 2.04. The summed E-state index contributed by atoms with van der Waals surface area (Å²) in [5.41, 5.74) is 1.08. The van der Waals surface area contributed by atoms with Gasteiger partial charge in [-0.15, -0.1) is 0 Å². The third kappa shape index (κ3) is 4.56. The number of ether oxygens (including phenoxy) is 1. The van der Waals surface area contributed by atoms with Gasteiger partial charge in [-0.2, -0.15) is 5.26 Å². The Bertz CT molecular complexity index is 410. The SMILES string of the molecule is CCc1ccccc1OCC(=O)NCCC#N. The highest BCUT2D eigenvalue weighted by atomic mass is 16.5. The highest BCUT2D eigenvalue weighted by molar-refractivity contribution is 5.77. The van der Waals surface area contributed by atoms with E-state index in [9.17, 15) is 4.79 Å². The molecule has 0 aliphatic rings. The van der Waals surface area contributed by atoms with Crippen LogP contribution in [0.15, 0.2) is 24.3 Å². The van der Waals surface area contributed by atoms with Gasteiger partial charge in [0.25, 0.3) is 5.91 Å². The summed E-state index contributed by atoms with van der Waals surface area (Å²) in [6, 6.07) is 9.60. The molecular weight excluding hydrogens is 216 g/mol. The van der Waals surface area contributed by atoms with Gasteiger partial charge in [-0.25, -0.2) is 0 Å². The Morgan fingerprint density at radius 3 is 2.94 bits per heavy atom. The molecule has 1 N–H and O–H groups in total. The molecule has 0 radical (unpaired) electrons. The second kappa shape index (κ2) is 7.29. The van der Waals surface area contributed by atoms with Gasteiger partial charge in [-0.05, 0) is 18.1 Å². The number of aryl methyl sites for hydroxylation is 1. The average molecular weight is 232 g/mol. The number of hydrogen-bond acceptors (Lipinski definition) is 3. The standard InChI is InChI=1S/C13H16N2O2/c1-2-11-6-3-4-7-12(11)17-10-13(16)15-9-5-8-14/h3-4,6-7H,2,5,9-10H2,1H3,(H,15,16). The van der Waals surface area contributed by atoms with Gasteiger partial charge in [-0.3, -0.25) is 4.79 Å². The van der Waals surface area contributed by atoms with Crippen LogP contribution in [0.2, 0.25) is 0 Å². The van der Waals surface area contributed by atoms with Gasteiger partial charge in [-0.1, -0.05) is 25.1 Å². The van der Waals surface area contributed by atoms with Gasteiger partial charge < -0.3 is 10.1 Å². The number of rotatable bonds is 6. The highest BCUT2D eigenvalue weighted by Crippen LogP contribution is 2.17. The molecule has 0 unspecified atom stereocenters. The molecule has 0 saturated heterocycles. The van der Waals surface area contributed by atoms with Gasteiger partial charge in [0.05, 0.1) is 12.5 Å². The predicted octanol–water partition coefficient (Wildman–Crippen LogP) is 1.66. The predicted molar refractivity (Wildman–Crippen MR) is 64.6 cm³/mol. The lowest BCUT2D eigenvalue weighted by Crippen LogP contribution is -2.29. The number of amides is 1. The number of carbonyl (C=O) groups is 1. The Hall–Kier alpha value is -2.02. The van der Waals surface area contributed by atoms with E-state index in [0.717, 1.165) is 17.7 Å². The Balaban J connectivity index is 2.39. The minimum absolute atomic E-state index is 0.0115. The molecule has 1 aromatic rings. The summed E-state index contributed by atoms with van der Waals surface area (Å²) in [6.07, 6.45) is 1.18. The Morgan fingerprint density at radius 2 is 2.24 bits per heavy atom. The summed E-state index contributed by atoms with van der Waals surface area (Å²) >= 11 is 0. The maximum atomic E-state index is 11.3. The van der Waals surface area contributed by atoms with Crippen molar-refractivity contribution in [1.29, 1.82) is 5.26 Å². The number of carbonyl (C=O) groups excluding carboxylic acids is 1. The Kier molecular flexibility index (Phi) is 5.59. The minimum atomic E-state index is -0.203. The van der Waals surface area contributed by atoms with Crippen molar-refractivity contribution in [2.24, 2.45) is 0 Å². The maximum absolute atomic E-state index is 11.3. The van der Waals surface area contributed by atoms with Crippen molar-refractivity contribution in [2.75, 3.05) is 13.2 Å². The molecule has 1 amide bonds. The van der Waals surface area contributed by atoms with E-state index in [1.54, 1.807) is 0 Å². The molecule has 0 bridgehead atoms. The van der Waals surface area contributed by atoms with E-state index in [-0.39, 0.29) is 12.5 Å². The summed E-state index contributed by atoms with van der Waals surface area (Å²) in [5, 5.41) is 10.9. The zero-order chi connectivity index (χ0) is 12.5. The van der Waals surface area contributed by atoms with Gasteiger partial charge in [0.1, 0.15) is 5.75 Å². The van der Waals surface area contributed by atoms with E-state index >= 15 is 0 Å². The smallest absolute Gasteiger partial charge is 0.257 e. The molecule has 0 aromatic heterocycles. The topological polar surface area (TPSA) is 62.1 Å². The van der Waals surface area contributed by atoms with Crippen molar-refractivity contribution in [3.05, 3.63) is 29.8 Å². The molecule has 0 heterocycles. The van der Waals surface area contributed by atoms with Crippen LogP contribution < -0.4 is 10.1 Å². The lowest BCUT2D eigenvalue weighted by molar-refractivity contribution is -0.123. The molecule has 0 atom stereocenters. The van der Waals surface area contributed by atoms with Crippen LogP contribution >= 0.6 is 0 Å². The van der Waals surface area contributed by atoms with Crippen molar-refractivity contribution in [1.82, 2.24) is 5.32 Å². The monoisotopic (exact) mass is 232 g/mol. The number of hydrogen-bond donors (Lipinski definition) is 1. The molecular formula is C13H16N2O2. The molecule has 4 nitrogen and oxygen atoms in total. The largest absolute Gasteiger partial charge is 0.483 e. The van der Waals surface area contributed by atoms with Gasteiger partial charge >= 0.3 is 0 Å². The lowest BCUT2D eigenvalue weighted by atomic mass is 10.1. The Morgan fingerprint density at radius 1 is 1.47 bits per heavy atom. The quantitative estimate of drug-likeness (QED) is 0.759. The first-order valence-electron chi connectivity index (χ1n) is 5.62. The number of nitrogens with zero attached hydrogens (tertiary/aromatic N) is 1. The van der Waals surface area contributed by atoms with E-state index < -0.39 is 0 Å². The van der Waals surface area contributed by atoms with Crippen molar-refractivity contribution in [3.8, 4) is 11.8 Å². The van der Waals surface area contributed by atoms with Gasteiger partial charge in [0.2, 0.25) is 0 Å². The van der Waals surface area contributed by atoms with Crippen LogP contribution in [-0.2, 0) is 11.2 Å². The lowest BCUT2D eigenvalue weighted by Gasteiger charge is -2.09. The van der Waals surface area contributed by atoms with Gasteiger partial charge in [0, 0.05) is 6.54 Å². The fraction of sp³-hybridized carbons (Fsp3) is 0.385. The number of para-hydroxylation sites is 1. The molecule has 0 fully saturated rings. The molecule has 17 heavy (non-hydrogen) atoms. The maximum Gasteiger partial charge on any atom is 0.257 e. The third-order valence-electron chi connectivity index (χ3n) is 2.27. The second-order valence-electron chi connectivity index (χ2n) is 3.51. The van der Waals surface area contributed by atoms with Crippen LogP contribution in [0.25, 0.3) is 0 Å². The van der Waals surface area contributed by atoms with Crippen LogP contribution in [-0.4, -0.2) is 19.1 Å². The molecule has 0 saturated carbocycles. The van der Waals surface area contributed by atoms with E-state index in [0.29, 0.717) is 13.0 Å². The molecule has 0 spiro atoms. The third-order valence-corrected chi connectivity index (χ3v) is 2.27. The first kappa shape index (κ1) is 13.0. The molecule has 4 heteroatoms. The van der Waals surface area contributed by atoms with Crippen molar-refractivity contribution >= 4 is 5.91 Å². The summed E-state index contributed by atoms with van der Waals surface area (Å²) < 4.78 is 5.43. The molecule has 90 valence electrons. The van der Waals surface area contributed by atoms with Crippen LogP contribution in [0.3, 0.4) is 0 Å². The first-order chi connectivity index (χ1) is 8.27. The normalized spacial score (nSPS) is 9.41. The van der Waals surface area contributed by atoms with Crippen LogP contribution in [0.5, 0.6) is 5.75 Å². The van der Waals surface area contributed by atoms with E-state index in [4.69, 9.17) is 10.00 Å². The number of nitrogens with one attached hydrogen (secondary N) is 1. The molecule has 1 aromatic carbocycles. The number of benzene rings is 1. The fourth-order valence-corrected chi connectivity index (χ4v) is 1.39. The zero-order valence-electron chi connectivity index (χ0n) is 9.90. The van der Waals surface area contributed by atoms with Crippen LogP contribution in [0.1, 0.15) is 18.9 Å². The molecule has 0 aliphatic heterocycles. The number of nitriles is 1. The molecule has 0 aliphatic carbocycles. The summed E-state index contributed by atoms with van der Waals surface area (Å²) in [4.78, 5) is 11.3. The van der Waals surface area contributed by atoms with E-state index in [1.807, 2.05) is 37.3 Å². The van der Waals surface area contributed by atoms with Crippen molar-refractivity contribution in [2.45, 2.75) is 19.8 Å². The summed E-state index contributed by atoms with van der Waals surface area (Å²) in [6.45, 7) is 2.39. The zero-order valence-corrected chi connectivity index (χ0v) is 9.90. The Labute approximate surface area is 101 Å². The van der Waals surface area contributed by atoms with Crippen molar-refractivity contribution in [3.63, 3.8) is 0 Å². The average Bonchev–Trinajstić information content (AvgIpc) is 2.37. The molecule has 1 rings (SSSR count). The summed E-state index contributed by atoms with van der Waals surface area (Å²) in [5.74, 6) is 0.539. The van der Waals surface area contributed by atoms with Crippen LogP contribution in [0.4, 0.5) is 0 Å². The van der Waals surface area contributed by atoms with Crippen molar-refractivity contribution < 1.29 is 9.53 Å². The second-order valence-corrected chi connectivity index (χ2v) is 3.51. The fourth-order valence-electron chi connectivity index (χ4n) is 1.39. The first-order valence-corrected chi connectivity index (χ1v) is 5.62.